The van der Waals surface area contributed by atoms with Crippen LogP contribution in [-0.4, -0.2) is 53.2 Å². The maximum atomic E-state index is 5.62. The normalized spacial score (nSPS) is 29.6. The van der Waals surface area contributed by atoms with Crippen LogP contribution in [0.5, 0.6) is 5.75 Å². The van der Waals surface area contributed by atoms with Crippen molar-refractivity contribution in [3.63, 3.8) is 0 Å². The number of likely N-dealkylation sites (tertiary alicyclic amines) is 1. The van der Waals surface area contributed by atoms with Crippen LogP contribution in [0.2, 0.25) is 0 Å². The summed E-state index contributed by atoms with van der Waals surface area (Å²) >= 11 is 0. The molecule has 4 unspecified atom stereocenters. The predicted octanol–water partition coefficient (Wildman–Crippen LogP) is 3.47. The van der Waals surface area contributed by atoms with Gasteiger partial charge in [0.1, 0.15) is 5.75 Å². The number of aliphatic imine (C=N–C) groups is 1. The number of rotatable bonds is 5. The standard InChI is InChI=1S/C23H33N5O/c1-5-25-22(27-12-10-17(2)19(15-27)28-13-11-24-16-28)26-21-14-23(21,3)18-8-6-7-9-20(18)29-4/h6-9,11,13,16-17,19,21H,5,10,12,14-15H2,1-4H3,(H,25,26). The van der Waals surface area contributed by atoms with Crippen molar-refractivity contribution in [3.05, 3.63) is 48.5 Å². The van der Waals surface area contributed by atoms with Crippen molar-refractivity contribution in [2.24, 2.45) is 10.9 Å². The fraction of sp³-hybridized carbons (Fsp3) is 0.565. The van der Waals surface area contributed by atoms with Crippen LogP contribution in [0.4, 0.5) is 0 Å². The van der Waals surface area contributed by atoms with Crippen LogP contribution in [-0.2, 0) is 5.41 Å². The monoisotopic (exact) mass is 395 g/mol. The number of imidazole rings is 1. The molecule has 1 aliphatic heterocycles. The van der Waals surface area contributed by atoms with E-state index in [-0.39, 0.29) is 5.41 Å². The maximum absolute atomic E-state index is 5.62. The molecule has 4 rings (SSSR count). The maximum Gasteiger partial charge on any atom is 0.194 e. The van der Waals surface area contributed by atoms with Gasteiger partial charge in [-0.25, -0.2) is 4.98 Å². The Morgan fingerprint density at radius 1 is 1.38 bits per heavy atom. The van der Waals surface area contributed by atoms with Gasteiger partial charge >= 0.3 is 0 Å². The molecule has 0 amide bonds. The van der Waals surface area contributed by atoms with E-state index in [1.54, 1.807) is 7.11 Å². The van der Waals surface area contributed by atoms with E-state index in [0.717, 1.165) is 44.2 Å². The number of hydrogen-bond donors (Lipinski definition) is 1. The Kier molecular flexibility index (Phi) is 5.52. The Bertz CT molecular complexity index is 849. The molecule has 1 N–H and O–H groups in total. The molecule has 0 spiro atoms. The summed E-state index contributed by atoms with van der Waals surface area (Å²) < 4.78 is 7.87. The minimum absolute atomic E-state index is 0.0773. The van der Waals surface area contributed by atoms with Gasteiger partial charge in [-0.1, -0.05) is 32.0 Å². The summed E-state index contributed by atoms with van der Waals surface area (Å²) in [5.74, 6) is 2.64. The van der Waals surface area contributed by atoms with Crippen molar-refractivity contribution in [1.29, 1.82) is 0 Å². The number of guanidine groups is 1. The van der Waals surface area contributed by atoms with Crippen molar-refractivity contribution in [2.45, 2.75) is 51.1 Å². The van der Waals surface area contributed by atoms with E-state index in [1.807, 2.05) is 18.6 Å². The molecule has 1 aromatic heterocycles. The zero-order valence-electron chi connectivity index (χ0n) is 18.0. The summed E-state index contributed by atoms with van der Waals surface area (Å²) in [6.45, 7) is 9.54. The Labute approximate surface area is 174 Å². The van der Waals surface area contributed by atoms with Crippen LogP contribution in [0.15, 0.2) is 48.0 Å². The molecule has 6 nitrogen and oxygen atoms in total. The molecule has 4 atom stereocenters. The number of ether oxygens (including phenoxy) is 1. The van der Waals surface area contributed by atoms with Gasteiger partial charge in [0.05, 0.1) is 19.5 Å². The number of para-hydroxylation sites is 1. The van der Waals surface area contributed by atoms with Gasteiger partial charge in [0.15, 0.2) is 5.96 Å². The van der Waals surface area contributed by atoms with Gasteiger partial charge in [0.25, 0.3) is 0 Å². The molecular weight excluding hydrogens is 362 g/mol. The van der Waals surface area contributed by atoms with Crippen molar-refractivity contribution in [2.75, 3.05) is 26.7 Å². The molecule has 1 aliphatic carbocycles. The second-order valence-corrected chi connectivity index (χ2v) is 8.61. The van der Waals surface area contributed by atoms with Crippen LogP contribution in [0.1, 0.15) is 45.2 Å². The Morgan fingerprint density at radius 3 is 2.93 bits per heavy atom. The van der Waals surface area contributed by atoms with E-state index in [9.17, 15) is 0 Å². The number of hydrogen-bond acceptors (Lipinski definition) is 3. The summed E-state index contributed by atoms with van der Waals surface area (Å²) in [5, 5.41) is 3.78. The van der Waals surface area contributed by atoms with Crippen LogP contribution < -0.4 is 10.1 Å². The van der Waals surface area contributed by atoms with Gasteiger partial charge in [-0.05, 0) is 31.7 Å². The van der Waals surface area contributed by atoms with Crippen molar-refractivity contribution < 1.29 is 4.74 Å². The van der Waals surface area contributed by atoms with E-state index in [1.165, 1.54) is 5.56 Å². The third-order valence-electron chi connectivity index (χ3n) is 6.70. The first-order valence-corrected chi connectivity index (χ1v) is 10.7. The van der Waals surface area contributed by atoms with Gasteiger partial charge in [-0.3, -0.25) is 4.99 Å². The average molecular weight is 396 g/mol. The molecule has 0 radical (unpaired) electrons. The molecule has 29 heavy (non-hydrogen) atoms. The topological polar surface area (TPSA) is 54.7 Å². The highest BCUT2D eigenvalue weighted by Gasteiger charge is 2.53. The van der Waals surface area contributed by atoms with Crippen molar-refractivity contribution in [1.82, 2.24) is 19.8 Å². The first-order chi connectivity index (χ1) is 14.1. The molecular formula is C23H33N5O. The highest BCUT2D eigenvalue weighted by Crippen LogP contribution is 2.51. The molecule has 1 saturated heterocycles. The van der Waals surface area contributed by atoms with Crippen LogP contribution in [0.3, 0.4) is 0 Å². The van der Waals surface area contributed by atoms with Crippen LogP contribution >= 0.6 is 0 Å². The summed E-state index contributed by atoms with van der Waals surface area (Å²) in [6, 6.07) is 9.17. The number of benzene rings is 1. The minimum atomic E-state index is 0.0773. The van der Waals surface area contributed by atoms with Gasteiger partial charge < -0.3 is 19.5 Å². The minimum Gasteiger partial charge on any atom is -0.496 e. The Balaban J connectivity index is 1.49. The van der Waals surface area contributed by atoms with E-state index in [2.05, 4.69) is 64.9 Å². The number of nitrogens with zero attached hydrogens (tertiary/aromatic N) is 4. The molecule has 6 heteroatoms. The highest BCUT2D eigenvalue weighted by atomic mass is 16.5. The largest absolute Gasteiger partial charge is 0.496 e. The highest BCUT2D eigenvalue weighted by molar-refractivity contribution is 5.81. The quantitative estimate of drug-likeness (QED) is 0.622. The molecule has 2 aromatic rings. The first kappa shape index (κ1) is 19.8. The number of methoxy groups -OCH3 is 1. The Hall–Kier alpha value is -2.50. The van der Waals surface area contributed by atoms with E-state index in [0.29, 0.717) is 18.0 Å². The van der Waals surface area contributed by atoms with Gasteiger partial charge in [0.2, 0.25) is 0 Å². The van der Waals surface area contributed by atoms with Crippen molar-refractivity contribution >= 4 is 5.96 Å². The van der Waals surface area contributed by atoms with Gasteiger partial charge in [-0.15, -0.1) is 0 Å². The number of nitrogens with one attached hydrogen (secondary N) is 1. The lowest BCUT2D eigenvalue weighted by Gasteiger charge is -2.39. The molecule has 2 aliphatic rings. The number of piperidine rings is 1. The van der Waals surface area contributed by atoms with E-state index < -0.39 is 0 Å². The molecule has 1 aromatic carbocycles. The van der Waals surface area contributed by atoms with E-state index in [4.69, 9.17) is 9.73 Å². The van der Waals surface area contributed by atoms with Crippen LogP contribution in [0, 0.1) is 5.92 Å². The summed E-state index contributed by atoms with van der Waals surface area (Å²) in [6.07, 6.45) is 8.13. The molecule has 156 valence electrons. The lowest BCUT2D eigenvalue weighted by molar-refractivity contribution is 0.188. The Morgan fingerprint density at radius 2 is 2.21 bits per heavy atom. The third kappa shape index (κ3) is 3.85. The zero-order chi connectivity index (χ0) is 20.4. The SMILES string of the molecule is CCN=C(NC1CC1(C)c1ccccc1OC)N1CCC(C)C(n2ccnc2)C1. The second-order valence-electron chi connectivity index (χ2n) is 8.61. The van der Waals surface area contributed by atoms with Gasteiger partial charge in [-0.2, -0.15) is 0 Å². The smallest absolute Gasteiger partial charge is 0.194 e. The van der Waals surface area contributed by atoms with E-state index >= 15 is 0 Å². The lowest BCUT2D eigenvalue weighted by Crippen LogP contribution is -2.50. The summed E-state index contributed by atoms with van der Waals surface area (Å²) in [4.78, 5) is 11.5. The first-order valence-electron chi connectivity index (χ1n) is 10.7. The van der Waals surface area contributed by atoms with Gasteiger partial charge in [0, 0.05) is 49.0 Å². The zero-order valence-corrected chi connectivity index (χ0v) is 18.0. The second kappa shape index (κ2) is 8.09. The van der Waals surface area contributed by atoms with Crippen LogP contribution in [0.25, 0.3) is 0 Å². The fourth-order valence-electron chi connectivity index (χ4n) is 4.63. The summed E-state index contributed by atoms with van der Waals surface area (Å²) in [5.41, 5.74) is 1.35. The summed E-state index contributed by atoms with van der Waals surface area (Å²) in [7, 11) is 1.75. The molecule has 2 heterocycles. The predicted molar refractivity (Wildman–Crippen MR) is 116 cm³/mol. The van der Waals surface area contributed by atoms with Crippen molar-refractivity contribution in [3.8, 4) is 5.75 Å². The molecule has 2 fully saturated rings. The lowest BCUT2D eigenvalue weighted by atomic mass is 9.93. The fourth-order valence-corrected chi connectivity index (χ4v) is 4.63. The molecule has 0 bridgehead atoms. The number of aromatic nitrogens is 2. The average Bonchev–Trinajstić information content (AvgIpc) is 3.13. The third-order valence-corrected chi connectivity index (χ3v) is 6.70. The molecule has 1 saturated carbocycles.